The predicted octanol–water partition coefficient (Wildman–Crippen LogP) is 3.73. The van der Waals surface area contributed by atoms with Crippen molar-refractivity contribution in [2.45, 2.75) is 39.3 Å². The number of amides is 1. The van der Waals surface area contributed by atoms with E-state index in [9.17, 15) is 14.7 Å². The number of hydrogen-bond donors (Lipinski definition) is 2. The van der Waals surface area contributed by atoms with E-state index < -0.39 is 28.0 Å². The van der Waals surface area contributed by atoms with E-state index in [0.717, 1.165) is 5.69 Å². The van der Waals surface area contributed by atoms with Crippen LogP contribution in [-0.2, 0) is 0 Å². The van der Waals surface area contributed by atoms with Gasteiger partial charge in [-0.15, -0.1) is 0 Å². The van der Waals surface area contributed by atoms with Crippen molar-refractivity contribution in [2.75, 3.05) is 5.32 Å². The van der Waals surface area contributed by atoms with Crippen molar-refractivity contribution in [3.8, 4) is 0 Å². The highest BCUT2D eigenvalue weighted by molar-refractivity contribution is 6.91. The quantitative estimate of drug-likeness (QED) is 0.771. The largest absolute Gasteiger partial charge is 0.478 e. The molecule has 0 aliphatic heterocycles. The van der Waals surface area contributed by atoms with Crippen molar-refractivity contribution < 1.29 is 14.7 Å². The van der Waals surface area contributed by atoms with Crippen LogP contribution in [0, 0.1) is 0 Å². The summed E-state index contributed by atoms with van der Waals surface area (Å²) in [5, 5.41) is 14.8. The second-order valence-corrected chi connectivity index (χ2v) is 18.8. The summed E-state index contributed by atoms with van der Waals surface area (Å²) in [6.07, 6.45) is 0. The molecule has 26 heavy (non-hydrogen) atoms. The second-order valence-electron chi connectivity index (χ2n) is 8.60. The summed E-state index contributed by atoms with van der Waals surface area (Å²) < 4.78 is 0. The van der Waals surface area contributed by atoms with E-state index in [1.54, 1.807) is 18.2 Å². The minimum Gasteiger partial charge on any atom is -0.478 e. The molecule has 2 rings (SSSR count). The smallest absolute Gasteiger partial charge is 0.336 e. The van der Waals surface area contributed by atoms with Gasteiger partial charge in [0.2, 0.25) is 0 Å². The van der Waals surface area contributed by atoms with E-state index in [-0.39, 0.29) is 11.1 Å². The van der Waals surface area contributed by atoms with Crippen molar-refractivity contribution in [2.24, 2.45) is 0 Å². The van der Waals surface area contributed by atoms with Gasteiger partial charge in [-0.1, -0.05) is 67.9 Å². The van der Waals surface area contributed by atoms with E-state index in [2.05, 4.69) is 50.7 Å². The maximum Gasteiger partial charge on any atom is 0.336 e. The van der Waals surface area contributed by atoms with Crippen LogP contribution in [0.5, 0.6) is 0 Å². The molecule has 0 aliphatic rings. The summed E-state index contributed by atoms with van der Waals surface area (Å²) in [4.78, 5) is 24.1. The van der Waals surface area contributed by atoms with Crippen molar-refractivity contribution in [1.29, 1.82) is 0 Å². The lowest BCUT2D eigenvalue weighted by Crippen LogP contribution is -2.45. The monoisotopic (exact) mass is 385 g/mol. The number of benzene rings is 2. The maximum atomic E-state index is 12.7. The van der Waals surface area contributed by atoms with Crippen molar-refractivity contribution >= 4 is 44.1 Å². The summed E-state index contributed by atoms with van der Waals surface area (Å²) in [5.41, 5.74) is 0.928. The Hall–Kier alpha value is -2.19. The fourth-order valence-electron chi connectivity index (χ4n) is 2.63. The number of rotatable bonds is 5. The topological polar surface area (TPSA) is 66.4 Å². The van der Waals surface area contributed by atoms with Crippen LogP contribution < -0.4 is 15.7 Å². The van der Waals surface area contributed by atoms with Gasteiger partial charge in [0.15, 0.2) is 0 Å². The van der Waals surface area contributed by atoms with Gasteiger partial charge < -0.3 is 10.4 Å². The lowest BCUT2D eigenvalue weighted by molar-refractivity contribution is 0.0692. The third-order valence-corrected chi connectivity index (χ3v) is 8.37. The fraction of sp³-hybridized carbons (Fsp3) is 0.300. The first-order valence-corrected chi connectivity index (χ1v) is 15.7. The molecule has 2 N–H and O–H groups in total. The molecule has 0 atom stereocenters. The zero-order valence-electron chi connectivity index (χ0n) is 16.3. The number of aromatic carboxylic acids is 1. The van der Waals surface area contributed by atoms with Gasteiger partial charge in [-0.2, -0.15) is 0 Å². The Bertz CT molecular complexity index is 817. The predicted molar refractivity (Wildman–Crippen MR) is 114 cm³/mol. The molecule has 6 heteroatoms. The molecule has 0 aromatic heterocycles. The van der Waals surface area contributed by atoms with Crippen LogP contribution >= 0.6 is 0 Å². The summed E-state index contributed by atoms with van der Waals surface area (Å²) in [6.45, 7) is 13.7. The van der Waals surface area contributed by atoms with Crippen LogP contribution in [0.2, 0.25) is 39.3 Å². The van der Waals surface area contributed by atoms with Gasteiger partial charge in [0.1, 0.15) is 0 Å². The third kappa shape index (κ3) is 4.71. The first-order valence-electron chi connectivity index (χ1n) is 8.69. The molecule has 0 spiro atoms. The minimum atomic E-state index is -1.56. The van der Waals surface area contributed by atoms with Gasteiger partial charge in [0.25, 0.3) is 5.91 Å². The molecule has 2 aromatic rings. The molecule has 4 nitrogen and oxygen atoms in total. The van der Waals surface area contributed by atoms with Crippen LogP contribution in [0.3, 0.4) is 0 Å². The number of carboxylic acid groups (broad SMARTS) is 1. The number of carboxylic acids is 1. The molecular weight excluding hydrogens is 358 g/mol. The Labute approximate surface area is 157 Å². The first kappa shape index (κ1) is 20.1. The average Bonchev–Trinajstić information content (AvgIpc) is 2.52. The van der Waals surface area contributed by atoms with Crippen LogP contribution in [-0.4, -0.2) is 33.1 Å². The Morgan fingerprint density at radius 1 is 0.808 bits per heavy atom. The van der Waals surface area contributed by atoms with E-state index in [4.69, 9.17) is 0 Å². The van der Waals surface area contributed by atoms with Gasteiger partial charge >= 0.3 is 5.97 Å². The number of carbonyl (C=O) groups excluding carboxylic acids is 1. The van der Waals surface area contributed by atoms with Crippen molar-refractivity contribution in [3.05, 3.63) is 53.6 Å². The highest BCUT2D eigenvalue weighted by Crippen LogP contribution is 2.15. The highest BCUT2D eigenvalue weighted by atomic mass is 28.3. The Kier molecular flexibility index (Phi) is 5.58. The van der Waals surface area contributed by atoms with Gasteiger partial charge in [0, 0.05) is 5.69 Å². The third-order valence-electron chi connectivity index (χ3n) is 4.33. The number of carbonyl (C=O) groups is 2. The SMILES string of the molecule is C[Si](C)(C)c1cc(NC(=O)c2ccccc2C(=O)O)cc([Si](C)(C)C)c1. The molecule has 0 saturated heterocycles. The molecule has 2 aromatic carbocycles. The van der Waals surface area contributed by atoms with Gasteiger partial charge in [-0.05, 0) is 24.3 Å². The number of anilines is 1. The first-order chi connectivity index (χ1) is 11.9. The fourth-order valence-corrected chi connectivity index (χ4v) is 5.13. The summed E-state index contributed by atoms with van der Waals surface area (Å²) in [7, 11) is -3.11. The molecular formula is C20H27NO3Si2. The van der Waals surface area contributed by atoms with Gasteiger partial charge in [0.05, 0.1) is 27.3 Å². The van der Waals surface area contributed by atoms with Crippen LogP contribution in [0.25, 0.3) is 0 Å². The van der Waals surface area contributed by atoms with Crippen LogP contribution in [0.15, 0.2) is 42.5 Å². The second kappa shape index (κ2) is 7.21. The molecule has 0 saturated carbocycles. The molecule has 0 fully saturated rings. The molecule has 138 valence electrons. The van der Waals surface area contributed by atoms with Gasteiger partial charge in [-0.3, -0.25) is 4.79 Å². The molecule has 0 bridgehead atoms. The van der Waals surface area contributed by atoms with E-state index in [1.807, 2.05) is 12.1 Å². The highest BCUT2D eigenvalue weighted by Gasteiger charge is 2.24. The van der Waals surface area contributed by atoms with Gasteiger partial charge in [-0.25, -0.2) is 4.79 Å². The molecule has 1 amide bonds. The number of nitrogens with one attached hydrogen (secondary N) is 1. The summed E-state index contributed by atoms with van der Waals surface area (Å²) in [5.74, 6) is -1.49. The van der Waals surface area contributed by atoms with Crippen LogP contribution in [0.4, 0.5) is 5.69 Å². The molecule has 0 radical (unpaired) electrons. The zero-order chi connectivity index (χ0) is 19.7. The summed E-state index contributed by atoms with van der Waals surface area (Å²) in [6, 6.07) is 12.7. The Morgan fingerprint density at radius 2 is 1.27 bits per heavy atom. The lowest BCUT2D eigenvalue weighted by atomic mass is 10.1. The van der Waals surface area contributed by atoms with Crippen molar-refractivity contribution in [3.63, 3.8) is 0 Å². The Balaban J connectivity index is 2.46. The molecule has 0 heterocycles. The maximum absolute atomic E-state index is 12.7. The lowest BCUT2D eigenvalue weighted by Gasteiger charge is -2.24. The number of hydrogen-bond acceptors (Lipinski definition) is 2. The standard InChI is InChI=1S/C20H27NO3Si2/c1-25(2,3)15-11-14(12-16(13-15)26(4,5)6)21-19(22)17-9-7-8-10-18(17)20(23)24/h7-13H,1-6H3,(H,21,22)(H,23,24). The Morgan fingerprint density at radius 3 is 1.69 bits per heavy atom. The van der Waals surface area contributed by atoms with E-state index in [1.165, 1.54) is 16.4 Å². The molecule has 0 unspecified atom stereocenters. The van der Waals surface area contributed by atoms with Crippen molar-refractivity contribution in [1.82, 2.24) is 0 Å². The van der Waals surface area contributed by atoms with Crippen LogP contribution in [0.1, 0.15) is 20.7 Å². The van der Waals surface area contributed by atoms with E-state index in [0.29, 0.717) is 0 Å². The normalized spacial score (nSPS) is 11.9. The summed E-state index contributed by atoms with van der Waals surface area (Å²) >= 11 is 0. The van der Waals surface area contributed by atoms with E-state index >= 15 is 0 Å². The zero-order valence-corrected chi connectivity index (χ0v) is 18.3. The molecule has 0 aliphatic carbocycles. The average molecular weight is 386 g/mol. The minimum absolute atomic E-state index is 0.0109.